The monoisotopic (exact) mass is 418 g/mol. The molecule has 0 aliphatic carbocycles. The zero-order valence-electron chi connectivity index (χ0n) is 15.2. The Bertz CT molecular complexity index is 1050. The van der Waals surface area contributed by atoms with Crippen LogP contribution in [0.5, 0.6) is 5.75 Å². The van der Waals surface area contributed by atoms with Crippen molar-refractivity contribution >= 4 is 34.2 Å². The Balaban J connectivity index is 1.52. The number of hydrogen-bond acceptors (Lipinski definition) is 5. The van der Waals surface area contributed by atoms with Crippen LogP contribution in [0.4, 0.5) is 0 Å². The number of nitrogens with one attached hydrogen (secondary N) is 1. The molecule has 1 aromatic heterocycles. The quantitative estimate of drug-likeness (QED) is 0.676. The van der Waals surface area contributed by atoms with Crippen molar-refractivity contribution in [2.45, 2.75) is 0 Å². The van der Waals surface area contributed by atoms with Crippen LogP contribution < -0.4 is 15.5 Å². The third kappa shape index (κ3) is 4.18. The molecule has 0 saturated carbocycles. The summed E-state index contributed by atoms with van der Waals surface area (Å²) in [7, 11) is 0. The van der Waals surface area contributed by atoms with Gasteiger partial charge in [-0.05, 0) is 29.8 Å². The summed E-state index contributed by atoms with van der Waals surface area (Å²) in [5.74, 6) is 0.688. The molecule has 7 heteroatoms. The van der Waals surface area contributed by atoms with E-state index < -0.39 is 0 Å². The number of rotatable bonds is 5. The molecule has 1 saturated heterocycles. The standard InChI is InChI=1S/C21H20Cl2N2O3/c22-18-4-1-14(11-19(18)23)17-13-28-20-12-15(2-3-16(20)21(17)26)27-10-9-25-7-5-24-6-8-25/h1-4,11-13,24H,5-10H2. The lowest BCUT2D eigenvalue weighted by molar-refractivity contribution is 0.191. The number of halogens is 2. The molecule has 0 spiro atoms. The molecule has 0 bridgehead atoms. The summed E-state index contributed by atoms with van der Waals surface area (Å²) < 4.78 is 11.6. The summed E-state index contributed by atoms with van der Waals surface area (Å²) >= 11 is 12.0. The van der Waals surface area contributed by atoms with Gasteiger partial charge in [0.1, 0.15) is 24.2 Å². The molecule has 0 unspecified atom stereocenters. The van der Waals surface area contributed by atoms with Crippen LogP contribution in [0.1, 0.15) is 0 Å². The van der Waals surface area contributed by atoms with Crippen molar-refractivity contribution in [1.29, 1.82) is 0 Å². The molecule has 0 radical (unpaired) electrons. The van der Waals surface area contributed by atoms with Gasteiger partial charge in [-0.1, -0.05) is 29.3 Å². The first-order chi connectivity index (χ1) is 13.6. The largest absolute Gasteiger partial charge is 0.492 e. The van der Waals surface area contributed by atoms with Gasteiger partial charge in [-0.15, -0.1) is 0 Å². The van der Waals surface area contributed by atoms with E-state index in [1.807, 2.05) is 0 Å². The first kappa shape index (κ1) is 19.3. The highest BCUT2D eigenvalue weighted by Gasteiger charge is 2.12. The molecular weight excluding hydrogens is 399 g/mol. The SMILES string of the molecule is O=c1c(-c2ccc(Cl)c(Cl)c2)coc2cc(OCCN3CCNCC3)ccc12. The lowest BCUT2D eigenvalue weighted by Gasteiger charge is -2.26. The number of fused-ring (bicyclic) bond motifs is 1. The second-order valence-electron chi connectivity index (χ2n) is 6.71. The summed E-state index contributed by atoms with van der Waals surface area (Å²) in [6.45, 7) is 5.57. The maximum Gasteiger partial charge on any atom is 0.200 e. The van der Waals surface area contributed by atoms with Crippen LogP contribution in [-0.2, 0) is 0 Å². The highest BCUT2D eigenvalue weighted by molar-refractivity contribution is 6.42. The Morgan fingerprint density at radius 2 is 1.89 bits per heavy atom. The predicted molar refractivity (Wildman–Crippen MR) is 113 cm³/mol. The van der Waals surface area contributed by atoms with E-state index in [1.54, 1.807) is 36.4 Å². The fraction of sp³-hybridized carbons (Fsp3) is 0.286. The molecule has 3 aromatic rings. The number of piperazine rings is 1. The zero-order valence-corrected chi connectivity index (χ0v) is 16.7. The van der Waals surface area contributed by atoms with Gasteiger partial charge in [0.15, 0.2) is 5.43 Å². The third-order valence-electron chi connectivity index (χ3n) is 4.86. The van der Waals surface area contributed by atoms with E-state index >= 15 is 0 Å². The highest BCUT2D eigenvalue weighted by atomic mass is 35.5. The fourth-order valence-corrected chi connectivity index (χ4v) is 3.59. The molecule has 5 nitrogen and oxygen atoms in total. The highest BCUT2D eigenvalue weighted by Crippen LogP contribution is 2.28. The van der Waals surface area contributed by atoms with Crippen molar-refractivity contribution in [2.75, 3.05) is 39.3 Å². The minimum atomic E-state index is -0.119. The molecule has 0 amide bonds. The Kier molecular flexibility index (Phi) is 5.87. The second-order valence-corrected chi connectivity index (χ2v) is 7.52. The molecule has 1 fully saturated rings. The van der Waals surface area contributed by atoms with Crippen LogP contribution in [0.3, 0.4) is 0 Å². The smallest absolute Gasteiger partial charge is 0.200 e. The number of ether oxygens (including phenoxy) is 1. The molecule has 1 aliphatic heterocycles. The topological polar surface area (TPSA) is 54.7 Å². The van der Waals surface area contributed by atoms with E-state index in [0.717, 1.165) is 32.7 Å². The third-order valence-corrected chi connectivity index (χ3v) is 5.60. The van der Waals surface area contributed by atoms with Gasteiger partial charge < -0.3 is 14.5 Å². The van der Waals surface area contributed by atoms with Crippen LogP contribution >= 0.6 is 23.2 Å². The van der Waals surface area contributed by atoms with Crippen LogP contribution in [-0.4, -0.2) is 44.2 Å². The fourth-order valence-electron chi connectivity index (χ4n) is 3.29. The van der Waals surface area contributed by atoms with E-state index in [-0.39, 0.29) is 5.43 Å². The maximum absolute atomic E-state index is 12.9. The van der Waals surface area contributed by atoms with Crippen molar-refractivity contribution in [1.82, 2.24) is 10.2 Å². The average molecular weight is 419 g/mol. The van der Waals surface area contributed by atoms with Gasteiger partial charge in [0, 0.05) is 38.8 Å². The molecule has 1 aliphatic rings. The molecule has 2 heterocycles. The summed E-state index contributed by atoms with van der Waals surface area (Å²) in [5.41, 5.74) is 1.49. The Morgan fingerprint density at radius 1 is 1.07 bits per heavy atom. The first-order valence-corrected chi connectivity index (χ1v) is 9.94. The molecule has 0 atom stereocenters. The van der Waals surface area contributed by atoms with Gasteiger partial charge in [-0.2, -0.15) is 0 Å². The minimum Gasteiger partial charge on any atom is -0.492 e. The normalized spacial score (nSPS) is 15.1. The lowest BCUT2D eigenvalue weighted by Crippen LogP contribution is -2.44. The van der Waals surface area contributed by atoms with E-state index in [9.17, 15) is 4.79 Å². The summed E-state index contributed by atoms with van der Waals surface area (Å²) in [5, 5.41) is 4.67. The van der Waals surface area contributed by atoms with Gasteiger partial charge in [-0.25, -0.2) is 0 Å². The van der Waals surface area contributed by atoms with Crippen molar-refractivity contribution in [3.05, 3.63) is 62.9 Å². The van der Waals surface area contributed by atoms with Crippen LogP contribution in [0.25, 0.3) is 22.1 Å². The summed E-state index contributed by atoms with van der Waals surface area (Å²) in [4.78, 5) is 15.2. The minimum absolute atomic E-state index is 0.119. The number of benzene rings is 2. The summed E-state index contributed by atoms with van der Waals surface area (Å²) in [6, 6.07) is 10.4. The molecule has 146 valence electrons. The molecule has 1 N–H and O–H groups in total. The van der Waals surface area contributed by atoms with Crippen LogP contribution in [0, 0.1) is 0 Å². The van der Waals surface area contributed by atoms with Crippen molar-refractivity contribution in [3.63, 3.8) is 0 Å². The van der Waals surface area contributed by atoms with Crippen LogP contribution in [0.15, 0.2) is 51.9 Å². The van der Waals surface area contributed by atoms with Crippen molar-refractivity contribution in [3.8, 4) is 16.9 Å². The van der Waals surface area contributed by atoms with E-state index in [1.165, 1.54) is 6.26 Å². The predicted octanol–water partition coefficient (Wildman–Crippen LogP) is 4.05. The second kappa shape index (κ2) is 8.53. The molecule has 28 heavy (non-hydrogen) atoms. The van der Waals surface area contributed by atoms with Gasteiger partial charge >= 0.3 is 0 Å². The molecule has 2 aromatic carbocycles. The van der Waals surface area contributed by atoms with Crippen LogP contribution in [0.2, 0.25) is 10.0 Å². The summed E-state index contributed by atoms with van der Waals surface area (Å²) in [6.07, 6.45) is 1.45. The van der Waals surface area contributed by atoms with E-state index in [2.05, 4.69) is 10.2 Å². The number of nitrogens with zero attached hydrogens (tertiary/aromatic N) is 1. The van der Waals surface area contributed by atoms with Gasteiger partial charge in [-0.3, -0.25) is 9.69 Å². The van der Waals surface area contributed by atoms with Crippen molar-refractivity contribution in [2.24, 2.45) is 0 Å². The number of hydrogen-bond donors (Lipinski definition) is 1. The van der Waals surface area contributed by atoms with E-state index in [0.29, 0.717) is 44.5 Å². The lowest BCUT2D eigenvalue weighted by atomic mass is 10.1. The Hall–Kier alpha value is -2.05. The molecule has 4 rings (SSSR count). The maximum atomic E-state index is 12.9. The van der Waals surface area contributed by atoms with Gasteiger partial charge in [0.05, 0.1) is 21.0 Å². The Morgan fingerprint density at radius 3 is 2.68 bits per heavy atom. The first-order valence-electron chi connectivity index (χ1n) is 9.19. The Labute approximate surface area is 172 Å². The average Bonchev–Trinajstić information content (AvgIpc) is 2.71. The zero-order chi connectivity index (χ0) is 19.5. The van der Waals surface area contributed by atoms with E-state index in [4.69, 9.17) is 32.4 Å². The van der Waals surface area contributed by atoms with Gasteiger partial charge in [0.25, 0.3) is 0 Å². The van der Waals surface area contributed by atoms with Crippen molar-refractivity contribution < 1.29 is 9.15 Å². The van der Waals surface area contributed by atoms with Gasteiger partial charge in [0.2, 0.25) is 0 Å². The molecular formula is C21H20Cl2N2O3.